The maximum atomic E-state index is 13.2. The van der Waals surface area contributed by atoms with Crippen molar-refractivity contribution in [1.82, 2.24) is 4.90 Å². The largest absolute Gasteiger partial charge is 0.477 e. The Hall–Kier alpha value is -2.53. The Morgan fingerprint density at radius 3 is 2.32 bits per heavy atom. The van der Waals surface area contributed by atoms with Gasteiger partial charge in [0.05, 0.1) is 11.1 Å². The molecule has 1 aliphatic heterocycles. The van der Waals surface area contributed by atoms with Crippen LogP contribution in [0.2, 0.25) is 0 Å². The normalized spacial score (nSPS) is 14.8. The average Bonchev–Trinajstić information content (AvgIpc) is 2.69. The third-order valence-corrected chi connectivity index (χ3v) is 6.00. The zero-order valence-corrected chi connectivity index (χ0v) is 17.3. The van der Waals surface area contributed by atoms with Crippen molar-refractivity contribution < 1.29 is 14.3 Å². The molecule has 1 aliphatic rings. The summed E-state index contributed by atoms with van der Waals surface area (Å²) in [7, 11) is 0. The summed E-state index contributed by atoms with van der Waals surface area (Å²) in [5, 5.41) is 0. The van der Waals surface area contributed by atoms with Crippen molar-refractivity contribution in [2.24, 2.45) is 0 Å². The van der Waals surface area contributed by atoms with Crippen molar-refractivity contribution in [3.05, 3.63) is 72.0 Å². The topological polar surface area (TPSA) is 46.6 Å². The van der Waals surface area contributed by atoms with Crippen LogP contribution in [0.4, 0.5) is 0 Å². The van der Waals surface area contributed by atoms with Crippen LogP contribution in [0.25, 0.3) is 5.57 Å². The van der Waals surface area contributed by atoms with Crippen LogP contribution in [0.1, 0.15) is 32.8 Å². The van der Waals surface area contributed by atoms with Gasteiger partial charge in [-0.3, -0.25) is 14.5 Å². The second-order valence-corrected chi connectivity index (χ2v) is 8.37. The van der Waals surface area contributed by atoms with E-state index in [2.05, 4.69) is 0 Å². The number of thioether (sulfide) groups is 1. The zero-order valence-electron chi connectivity index (χ0n) is 16.5. The van der Waals surface area contributed by atoms with Crippen LogP contribution >= 0.6 is 11.8 Å². The fourth-order valence-electron chi connectivity index (χ4n) is 3.16. The van der Waals surface area contributed by atoms with Crippen molar-refractivity contribution >= 4 is 29.0 Å². The molecule has 0 unspecified atom stereocenters. The summed E-state index contributed by atoms with van der Waals surface area (Å²) in [6.07, 6.45) is 0.389. The van der Waals surface area contributed by atoms with Gasteiger partial charge >= 0.3 is 0 Å². The van der Waals surface area contributed by atoms with Gasteiger partial charge in [-0.15, -0.1) is 11.8 Å². The van der Waals surface area contributed by atoms with Crippen molar-refractivity contribution in [3.63, 3.8) is 0 Å². The van der Waals surface area contributed by atoms with Crippen LogP contribution in [-0.2, 0) is 14.3 Å². The Kier molecular flexibility index (Phi) is 6.25. The molecule has 0 saturated carbocycles. The monoisotopic (exact) mass is 395 g/mol. The average molecular weight is 396 g/mol. The minimum atomic E-state index is -0.935. The number of hydrogen-bond acceptors (Lipinski definition) is 4. The summed E-state index contributed by atoms with van der Waals surface area (Å²) in [5.74, 6) is 1.13. The van der Waals surface area contributed by atoms with E-state index in [-0.39, 0.29) is 18.4 Å². The van der Waals surface area contributed by atoms with E-state index in [1.807, 2.05) is 60.7 Å². The van der Waals surface area contributed by atoms with Crippen LogP contribution in [-0.4, -0.2) is 34.6 Å². The number of carbonyl (C=O) groups excluding carboxylic acids is 2. The molecule has 0 fully saturated rings. The van der Waals surface area contributed by atoms with E-state index in [1.54, 1.807) is 32.5 Å². The second-order valence-electron chi connectivity index (χ2n) is 7.20. The molecule has 4 nitrogen and oxygen atoms in total. The lowest BCUT2D eigenvalue weighted by Gasteiger charge is -2.40. The molecular weight excluding hydrogens is 370 g/mol. The molecule has 28 heavy (non-hydrogen) atoms. The summed E-state index contributed by atoms with van der Waals surface area (Å²) in [5.41, 5.74) is 0.388. The van der Waals surface area contributed by atoms with E-state index in [0.717, 1.165) is 10.5 Å². The quantitative estimate of drug-likeness (QED) is 0.634. The van der Waals surface area contributed by atoms with Gasteiger partial charge in [0.25, 0.3) is 5.91 Å². The summed E-state index contributed by atoms with van der Waals surface area (Å²) in [6.45, 7) is 5.48. The Balaban J connectivity index is 1.70. The lowest BCUT2D eigenvalue weighted by molar-refractivity contribution is -0.148. The molecule has 0 aromatic heterocycles. The number of ether oxygens (including phenoxy) is 1. The minimum Gasteiger partial charge on any atom is -0.477 e. The van der Waals surface area contributed by atoms with E-state index in [0.29, 0.717) is 23.5 Å². The van der Waals surface area contributed by atoms with Gasteiger partial charge in [0.1, 0.15) is 5.76 Å². The van der Waals surface area contributed by atoms with Gasteiger partial charge in [0.2, 0.25) is 0 Å². The van der Waals surface area contributed by atoms with Gasteiger partial charge in [0.15, 0.2) is 12.5 Å². The Morgan fingerprint density at radius 2 is 1.68 bits per heavy atom. The number of carbonyl (C=O) groups is 2. The molecule has 0 atom stereocenters. The SMILES string of the molecule is CC1=C(c2ccccc2)C(=O)N(C(C)(C)C(=O)CCSc2ccccc2)CO1. The van der Waals surface area contributed by atoms with Crippen molar-refractivity contribution in [2.45, 2.75) is 37.6 Å². The van der Waals surface area contributed by atoms with E-state index < -0.39 is 5.54 Å². The second kappa shape index (κ2) is 8.65. The van der Waals surface area contributed by atoms with Gasteiger partial charge in [-0.25, -0.2) is 0 Å². The summed E-state index contributed by atoms with van der Waals surface area (Å²) in [4.78, 5) is 28.8. The molecular formula is C23H25NO3S. The number of nitrogens with zero attached hydrogens (tertiary/aromatic N) is 1. The smallest absolute Gasteiger partial charge is 0.261 e. The van der Waals surface area contributed by atoms with Crippen LogP contribution in [0.15, 0.2) is 71.3 Å². The third kappa shape index (κ3) is 4.30. The fraction of sp³-hybridized carbons (Fsp3) is 0.304. The molecule has 0 saturated heterocycles. The van der Waals surface area contributed by atoms with E-state index >= 15 is 0 Å². The number of rotatable bonds is 7. The lowest BCUT2D eigenvalue weighted by atomic mass is 9.92. The molecule has 0 spiro atoms. The highest BCUT2D eigenvalue weighted by atomic mass is 32.2. The summed E-state index contributed by atoms with van der Waals surface area (Å²) >= 11 is 1.65. The number of ketones is 1. The molecule has 1 amide bonds. The van der Waals surface area contributed by atoms with Crippen LogP contribution in [0.5, 0.6) is 0 Å². The van der Waals surface area contributed by atoms with Crippen molar-refractivity contribution in [2.75, 3.05) is 12.5 Å². The fourth-order valence-corrected chi connectivity index (χ4v) is 4.03. The van der Waals surface area contributed by atoms with Crippen molar-refractivity contribution in [1.29, 1.82) is 0 Å². The number of benzene rings is 2. The summed E-state index contributed by atoms with van der Waals surface area (Å²) < 4.78 is 5.77. The standard InChI is InChI=1S/C23H25NO3S/c1-17-21(18-10-6-4-7-11-18)22(26)24(16-27-17)23(2,3)20(25)14-15-28-19-12-8-5-9-13-19/h4-13H,14-16H2,1-3H3. The maximum absolute atomic E-state index is 13.2. The number of hydrogen-bond donors (Lipinski definition) is 0. The first-order valence-corrected chi connectivity index (χ1v) is 10.3. The molecule has 2 aromatic rings. The Morgan fingerprint density at radius 1 is 1.07 bits per heavy atom. The van der Waals surface area contributed by atoms with Crippen LogP contribution < -0.4 is 0 Å². The number of amides is 1. The van der Waals surface area contributed by atoms with Gasteiger partial charge in [-0.1, -0.05) is 48.5 Å². The third-order valence-electron chi connectivity index (χ3n) is 4.98. The molecule has 146 valence electrons. The molecule has 1 heterocycles. The lowest BCUT2D eigenvalue weighted by Crippen LogP contribution is -2.55. The predicted molar refractivity (Wildman–Crippen MR) is 113 cm³/mol. The molecule has 0 bridgehead atoms. The minimum absolute atomic E-state index is 0.0276. The molecule has 2 aromatic carbocycles. The number of Topliss-reactive ketones (excluding diaryl/α,β-unsaturated/α-hetero) is 1. The highest BCUT2D eigenvalue weighted by Gasteiger charge is 2.41. The van der Waals surface area contributed by atoms with Crippen LogP contribution in [0.3, 0.4) is 0 Å². The molecule has 0 N–H and O–H groups in total. The van der Waals surface area contributed by atoms with E-state index in [1.165, 1.54) is 4.90 Å². The van der Waals surface area contributed by atoms with E-state index in [4.69, 9.17) is 4.74 Å². The first-order chi connectivity index (χ1) is 13.4. The predicted octanol–water partition coefficient (Wildman–Crippen LogP) is 4.76. The Bertz CT molecular complexity index is 875. The van der Waals surface area contributed by atoms with Gasteiger partial charge < -0.3 is 4.74 Å². The van der Waals surface area contributed by atoms with E-state index in [9.17, 15) is 9.59 Å². The summed E-state index contributed by atoms with van der Waals surface area (Å²) in [6, 6.07) is 19.4. The molecule has 5 heteroatoms. The van der Waals surface area contributed by atoms with Crippen molar-refractivity contribution in [3.8, 4) is 0 Å². The van der Waals surface area contributed by atoms with Crippen LogP contribution in [0, 0.1) is 0 Å². The molecule has 0 radical (unpaired) electrons. The molecule has 3 rings (SSSR count). The molecule has 0 aliphatic carbocycles. The first kappa shape index (κ1) is 20.2. The maximum Gasteiger partial charge on any atom is 0.261 e. The van der Waals surface area contributed by atoms with Gasteiger partial charge in [-0.05, 0) is 38.5 Å². The van der Waals surface area contributed by atoms with Gasteiger partial charge in [-0.2, -0.15) is 0 Å². The highest BCUT2D eigenvalue weighted by molar-refractivity contribution is 7.99. The van der Waals surface area contributed by atoms with Gasteiger partial charge in [0, 0.05) is 17.1 Å². The zero-order chi connectivity index (χ0) is 20.1. The Labute approximate surface area is 170 Å². The highest BCUT2D eigenvalue weighted by Crippen LogP contribution is 2.31. The first-order valence-electron chi connectivity index (χ1n) is 9.33. The number of allylic oxidation sites excluding steroid dienone is 1.